The Kier molecular flexibility index (Phi) is 3.30. The molecule has 0 spiro atoms. The summed E-state index contributed by atoms with van der Waals surface area (Å²) < 4.78 is 7.09. The van der Waals surface area contributed by atoms with E-state index in [0.717, 1.165) is 29.3 Å². The molecular weight excluding hydrogens is 308 g/mol. The summed E-state index contributed by atoms with van der Waals surface area (Å²) >= 11 is 0. The first-order chi connectivity index (χ1) is 11.7. The number of aromatic nitrogens is 4. The molecule has 4 rings (SSSR count). The third kappa shape index (κ3) is 2.32. The molecule has 1 aliphatic heterocycles. The van der Waals surface area contributed by atoms with Gasteiger partial charge in [-0.2, -0.15) is 14.6 Å². The van der Waals surface area contributed by atoms with Gasteiger partial charge in [-0.05, 0) is 24.6 Å². The monoisotopic (exact) mass is 324 g/mol. The van der Waals surface area contributed by atoms with Gasteiger partial charge in [-0.1, -0.05) is 6.92 Å². The van der Waals surface area contributed by atoms with Gasteiger partial charge < -0.3 is 15.0 Å². The van der Waals surface area contributed by atoms with Crippen molar-refractivity contribution in [1.82, 2.24) is 19.6 Å². The largest absolute Gasteiger partial charge is 0.482 e. The van der Waals surface area contributed by atoms with E-state index in [1.807, 2.05) is 31.2 Å². The van der Waals surface area contributed by atoms with E-state index in [0.29, 0.717) is 11.5 Å². The number of carbonyl (C=O) groups excluding carboxylic acids is 1. The predicted octanol–water partition coefficient (Wildman–Crippen LogP) is 1.79. The zero-order valence-electron chi connectivity index (χ0n) is 13.4. The number of hydrogen-bond acceptors (Lipinski definition) is 6. The fourth-order valence-electron chi connectivity index (χ4n) is 2.63. The van der Waals surface area contributed by atoms with Crippen molar-refractivity contribution in [1.29, 1.82) is 0 Å². The lowest BCUT2D eigenvalue weighted by atomic mass is 10.2. The average molecular weight is 324 g/mol. The van der Waals surface area contributed by atoms with Crippen molar-refractivity contribution in [3.05, 3.63) is 36.3 Å². The van der Waals surface area contributed by atoms with Crippen LogP contribution in [-0.2, 0) is 11.2 Å². The number of likely N-dealkylation sites (N-methyl/N-ethyl adjacent to an activating group) is 1. The Balaban J connectivity index is 1.74. The van der Waals surface area contributed by atoms with Gasteiger partial charge in [0.15, 0.2) is 6.61 Å². The summed E-state index contributed by atoms with van der Waals surface area (Å²) in [6.45, 7) is 2.11. The third-order valence-electron chi connectivity index (χ3n) is 3.99. The lowest BCUT2D eigenvalue weighted by Gasteiger charge is -2.26. The number of amides is 1. The molecule has 1 amide bonds. The summed E-state index contributed by atoms with van der Waals surface area (Å²) in [5.41, 5.74) is 2.48. The van der Waals surface area contributed by atoms with E-state index in [1.165, 1.54) is 6.33 Å². The van der Waals surface area contributed by atoms with Crippen LogP contribution in [0.2, 0.25) is 0 Å². The predicted molar refractivity (Wildman–Crippen MR) is 88.8 cm³/mol. The summed E-state index contributed by atoms with van der Waals surface area (Å²) in [4.78, 5) is 22.0. The van der Waals surface area contributed by atoms with Gasteiger partial charge in [-0.25, -0.2) is 4.98 Å². The van der Waals surface area contributed by atoms with Gasteiger partial charge in [0.05, 0.1) is 5.69 Å². The second-order valence-corrected chi connectivity index (χ2v) is 5.51. The molecule has 0 saturated carbocycles. The minimum atomic E-state index is -0.0736. The highest BCUT2D eigenvalue weighted by molar-refractivity contribution is 5.98. The second-order valence-electron chi connectivity index (χ2n) is 5.51. The molecule has 8 nitrogen and oxygen atoms in total. The molecule has 24 heavy (non-hydrogen) atoms. The van der Waals surface area contributed by atoms with Crippen LogP contribution >= 0.6 is 0 Å². The Morgan fingerprint density at radius 2 is 2.21 bits per heavy atom. The van der Waals surface area contributed by atoms with E-state index in [4.69, 9.17) is 4.74 Å². The standard InChI is InChI=1S/C16H16N6O2/c1-3-10-7-14(22-16(20-10)17-9-18-22)19-11-4-5-13-12(6-11)21(2)15(23)8-24-13/h4-7,9,19H,3,8H2,1-2H3. The van der Waals surface area contributed by atoms with Crippen LogP contribution < -0.4 is 15.0 Å². The number of aryl methyl sites for hydroxylation is 1. The van der Waals surface area contributed by atoms with E-state index in [9.17, 15) is 4.79 Å². The zero-order chi connectivity index (χ0) is 16.7. The van der Waals surface area contributed by atoms with Crippen LogP contribution in [0.5, 0.6) is 5.75 Å². The van der Waals surface area contributed by atoms with Crippen LogP contribution in [0.15, 0.2) is 30.6 Å². The molecule has 1 aliphatic rings. The van der Waals surface area contributed by atoms with E-state index in [1.54, 1.807) is 16.5 Å². The van der Waals surface area contributed by atoms with Crippen molar-refractivity contribution < 1.29 is 9.53 Å². The minimum absolute atomic E-state index is 0.0695. The number of hydrogen-bond donors (Lipinski definition) is 1. The molecule has 8 heteroatoms. The Labute approximate surface area is 138 Å². The molecule has 0 unspecified atom stereocenters. The van der Waals surface area contributed by atoms with Gasteiger partial charge in [-0.3, -0.25) is 4.79 Å². The van der Waals surface area contributed by atoms with Gasteiger partial charge in [0.2, 0.25) is 0 Å². The second kappa shape index (κ2) is 5.48. The molecule has 0 fully saturated rings. The first kappa shape index (κ1) is 14.4. The highest BCUT2D eigenvalue weighted by Gasteiger charge is 2.22. The summed E-state index contributed by atoms with van der Waals surface area (Å²) in [6, 6.07) is 7.56. The number of nitrogens with zero attached hydrogens (tertiary/aromatic N) is 5. The Bertz CT molecular complexity index is 935. The van der Waals surface area contributed by atoms with Crippen molar-refractivity contribution in [2.45, 2.75) is 13.3 Å². The summed E-state index contributed by atoms with van der Waals surface area (Å²) in [5, 5.41) is 7.52. The maximum absolute atomic E-state index is 11.8. The molecule has 0 bridgehead atoms. The minimum Gasteiger partial charge on any atom is -0.482 e. The Hall–Kier alpha value is -3.16. The highest BCUT2D eigenvalue weighted by Crippen LogP contribution is 2.34. The molecule has 3 aromatic rings. The molecule has 122 valence electrons. The number of fused-ring (bicyclic) bond motifs is 2. The lowest BCUT2D eigenvalue weighted by molar-refractivity contribution is -0.120. The van der Waals surface area contributed by atoms with Crippen LogP contribution in [0.1, 0.15) is 12.6 Å². The molecule has 0 saturated heterocycles. The molecule has 0 atom stereocenters. The van der Waals surface area contributed by atoms with Gasteiger partial charge in [0.1, 0.15) is 17.9 Å². The maximum Gasteiger partial charge on any atom is 0.264 e. The maximum atomic E-state index is 11.8. The van der Waals surface area contributed by atoms with Crippen LogP contribution in [0.25, 0.3) is 5.78 Å². The number of benzene rings is 1. The van der Waals surface area contributed by atoms with Crippen molar-refractivity contribution in [3.63, 3.8) is 0 Å². The lowest BCUT2D eigenvalue weighted by Crippen LogP contribution is -2.35. The van der Waals surface area contributed by atoms with Crippen molar-refractivity contribution in [3.8, 4) is 5.75 Å². The van der Waals surface area contributed by atoms with Crippen molar-refractivity contribution >= 4 is 28.9 Å². The fourth-order valence-corrected chi connectivity index (χ4v) is 2.63. The van der Waals surface area contributed by atoms with Crippen LogP contribution in [0.4, 0.5) is 17.2 Å². The van der Waals surface area contributed by atoms with Crippen LogP contribution in [0, 0.1) is 0 Å². The normalized spacial score (nSPS) is 13.8. The molecule has 2 aromatic heterocycles. The molecular formula is C16H16N6O2. The highest BCUT2D eigenvalue weighted by atomic mass is 16.5. The van der Waals surface area contributed by atoms with Crippen molar-refractivity contribution in [2.75, 3.05) is 23.9 Å². The summed E-state index contributed by atoms with van der Waals surface area (Å²) in [7, 11) is 1.74. The van der Waals surface area contributed by atoms with E-state index >= 15 is 0 Å². The number of carbonyl (C=O) groups is 1. The quantitative estimate of drug-likeness (QED) is 0.790. The number of anilines is 3. The SMILES string of the molecule is CCc1cc(Nc2ccc3c(c2)N(C)C(=O)CO3)n2ncnc2n1. The van der Waals surface area contributed by atoms with Crippen LogP contribution in [-0.4, -0.2) is 39.1 Å². The molecule has 1 N–H and O–H groups in total. The van der Waals surface area contributed by atoms with Crippen molar-refractivity contribution in [2.24, 2.45) is 0 Å². The smallest absolute Gasteiger partial charge is 0.264 e. The first-order valence-corrected chi connectivity index (χ1v) is 7.66. The van der Waals surface area contributed by atoms with E-state index in [-0.39, 0.29) is 12.5 Å². The van der Waals surface area contributed by atoms with Gasteiger partial charge >= 0.3 is 0 Å². The van der Waals surface area contributed by atoms with Gasteiger partial charge in [0.25, 0.3) is 11.7 Å². The fraction of sp³-hybridized carbons (Fsp3) is 0.250. The number of rotatable bonds is 3. The summed E-state index contributed by atoms with van der Waals surface area (Å²) in [6.07, 6.45) is 2.27. The van der Waals surface area contributed by atoms with Gasteiger partial charge in [0, 0.05) is 24.5 Å². The van der Waals surface area contributed by atoms with E-state index in [2.05, 4.69) is 20.4 Å². The third-order valence-corrected chi connectivity index (χ3v) is 3.99. The van der Waals surface area contributed by atoms with Gasteiger partial charge in [-0.15, -0.1) is 0 Å². The molecule has 0 aliphatic carbocycles. The first-order valence-electron chi connectivity index (χ1n) is 7.66. The topological polar surface area (TPSA) is 84.7 Å². The summed E-state index contributed by atoms with van der Waals surface area (Å²) in [5.74, 6) is 1.93. The number of ether oxygens (including phenoxy) is 1. The van der Waals surface area contributed by atoms with Crippen LogP contribution in [0.3, 0.4) is 0 Å². The Morgan fingerprint density at radius 1 is 1.33 bits per heavy atom. The Morgan fingerprint density at radius 3 is 3.04 bits per heavy atom. The zero-order valence-corrected chi connectivity index (χ0v) is 13.4. The van der Waals surface area contributed by atoms with E-state index < -0.39 is 0 Å². The number of nitrogens with one attached hydrogen (secondary N) is 1. The molecule has 0 radical (unpaired) electrons. The molecule has 1 aromatic carbocycles. The molecule has 3 heterocycles. The average Bonchev–Trinajstić information content (AvgIpc) is 3.07.